The van der Waals surface area contributed by atoms with Gasteiger partial charge >= 0.3 is 0 Å². The average Bonchev–Trinajstić information content (AvgIpc) is 3.48. The van der Waals surface area contributed by atoms with Gasteiger partial charge in [-0.25, -0.2) is 9.37 Å². The summed E-state index contributed by atoms with van der Waals surface area (Å²) in [6.45, 7) is 4.50. The molecule has 204 valence electrons. The lowest BCUT2D eigenvalue weighted by atomic mass is 9.92. The van der Waals surface area contributed by atoms with Crippen molar-refractivity contribution in [2.75, 3.05) is 50.0 Å². The molecule has 1 fully saturated rings. The highest BCUT2D eigenvalue weighted by Gasteiger charge is 2.36. The summed E-state index contributed by atoms with van der Waals surface area (Å²) in [7, 11) is 2.15. The van der Waals surface area contributed by atoms with Gasteiger partial charge in [0.15, 0.2) is 5.13 Å². The fraction of sp³-hybridized carbons (Fsp3) is 0.258. The number of carbonyl (C=O) groups excluding carboxylic acids is 2. The minimum Gasteiger partial charge on any atom is -0.369 e. The topological polar surface area (TPSA) is 68.8 Å². The molecule has 9 heteroatoms. The van der Waals surface area contributed by atoms with E-state index in [4.69, 9.17) is 0 Å². The molecule has 1 atom stereocenters. The van der Waals surface area contributed by atoms with Crippen molar-refractivity contribution in [1.29, 1.82) is 0 Å². The number of rotatable bonds is 6. The Morgan fingerprint density at radius 1 is 0.975 bits per heavy atom. The maximum absolute atomic E-state index is 14.2. The van der Waals surface area contributed by atoms with E-state index in [1.54, 1.807) is 23.7 Å². The van der Waals surface area contributed by atoms with Crippen molar-refractivity contribution < 1.29 is 14.0 Å². The van der Waals surface area contributed by atoms with Crippen molar-refractivity contribution in [3.8, 4) is 11.1 Å². The number of benzene rings is 3. The highest BCUT2D eigenvalue weighted by Crippen LogP contribution is 2.33. The molecule has 0 saturated carbocycles. The lowest BCUT2D eigenvalue weighted by molar-refractivity contribution is -0.120. The summed E-state index contributed by atoms with van der Waals surface area (Å²) in [6, 6.07) is 19.3. The first-order chi connectivity index (χ1) is 19.5. The molecule has 2 amide bonds. The highest BCUT2D eigenvalue weighted by molar-refractivity contribution is 7.13. The molecule has 3 aromatic carbocycles. The number of amides is 2. The van der Waals surface area contributed by atoms with Gasteiger partial charge in [0.05, 0.1) is 0 Å². The molecule has 6 rings (SSSR count). The molecule has 4 aromatic rings. The van der Waals surface area contributed by atoms with Crippen molar-refractivity contribution in [2.24, 2.45) is 0 Å². The Morgan fingerprint density at radius 2 is 1.75 bits per heavy atom. The predicted molar refractivity (Wildman–Crippen MR) is 156 cm³/mol. The van der Waals surface area contributed by atoms with Crippen LogP contribution in [0.1, 0.15) is 27.5 Å². The molecule has 1 unspecified atom stereocenters. The molecule has 1 saturated heterocycles. The molecule has 40 heavy (non-hydrogen) atoms. The molecule has 0 aliphatic carbocycles. The van der Waals surface area contributed by atoms with Crippen molar-refractivity contribution in [2.45, 2.75) is 12.5 Å². The third kappa shape index (κ3) is 5.35. The minimum atomic E-state index is -0.984. The van der Waals surface area contributed by atoms with Gasteiger partial charge in [0.2, 0.25) is 0 Å². The van der Waals surface area contributed by atoms with Crippen LogP contribution >= 0.6 is 11.3 Å². The van der Waals surface area contributed by atoms with E-state index in [0.29, 0.717) is 29.2 Å². The van der Waals surface area contributed by atoms with E-state index in [9.17, 15) is 14.0 Å². The summed E-state index contributed by atoms with van der Waals surface area (Å²) in [5.41, 5.74) is 5.29. The van der Waals surface area contributed by atoms with E-state index in [-0.39, 0.29) is 5.91 Å². The predicted octanol–water partition coefficient (Wildman–Crippen LogP) is 5.08. The molecular weight excluding hydrogens is 525 g/mol. The van der Waals surface area contributed by atoms with E-state index in [2.05, 4.69) is 57.5 Å². The van der Waals surface area contributed by atoms with Crippen LogP contribution in [0.25, 0.3) is 11.1 Å². The van der Waals surface area contributed by atoms with Crippen molar-refractivity contribution in [3.05, 3.63) is 101 Å². The number of nitrogens with zero attached hydrogens (tertiary/aromatic N) is 4. The second-order valence-electron chi connectivity index (χ2n) is 10.2. The molecule has 0 radical (unpaired) electrons. The fourth-order valence-electron chi connectivity index (χ4n) is 5.47. The number of fused-ring (bicyclic) bond motifs is 1. The average molecular weight is 556 g/mol. The van der Waals surface area contributed by atoms with Crippen LogP contribution in [0.2, 0.25) is 0 Å². The number of halogens is 1. The first-order valence-electron chi connectivity index (χ1n) is 13.4. The largest absolute Gasteiger partial charge is 0.369 e. The van der Waals surface area contributed by atoms with Crippen LogP contribution in [0.4, 0.5) is 15.2 Å². The SMILES string of the molecule is CN1CCN(c2ccc(-c3ccc4c(c3)CCN(C(C(=O)Nc3nccs3)c3cccc(F)c3)C4=O)cc2)CC1. The summed E-state index contributed by atoms with van der Waals surface area (Å²) in [4.78, 5) is 37.6. The Balaban J connectivity index is 1.24. The van der Waals surface area contributed by atoms with Gasteiger partial charge in [0.1, 0.15) is 11.9 Å². The van der Waals surface area contributed by atoms with Crippen LogP contribution in [-0.4, -0.2) is 66.4 Å². The molecule has 0 bridgehead atoms. The third-order valence-electron chi connectivity index (χ3n) is 7.67. The molecule has 3 heterocycles. The minimum absolute atomic E-state index is 0.248. The molecule has 1 aromatic heterocycles. The third-order valence-corrected chi connectivity index (χ3v) is 8.36. The van der Waals surface area contributed by atoms with Crippen molar-refractivity contribution in [3.63, 3.8) is 0 Å². The summed E-state index contributed by atoms with van der Waals surface area (Å²) in [5, 5.41) is 4.98. The van der Waals surface area contributed by atoms with Crippen LogP contribution in [0.3, 0.4) is 0 Å². The summed E-state index contributed by atoms with van der Waals surface area (Å²) in [5.74, 6) is -1.13. The first kappa shape index (κ1) is 26.2. The standard InChI is InChI=1S/C31H30FN5O2S/c1-35-14-16-36(17-15-35)26-8-5-21(6-9-26)22-7-10-27-23(19-22)11-13-37(30(27)39)28(24-3-2-4-25(32)20-24)29(38)34-31-33-12-18-40-31/h2-10,12,18-20,28H,11,13-17H2,1H3,(H,33,34,38). The lowest BCUT2D eigenvalue weighted by Gasteiger charge is -2.35. The molecular formula is C31H30FN5O2S. The number of hydrogen-bond acceptors (Lipinski definition) is 6. The normalized spacial score (nSPS) is 16.5. The van der Waals surface area contributed by atoms with Gasteiger partial charge in [-0.2, -0.15) is 0 Å². The van der Waals surface area contributed by atoms with Crippen LogP contribution in [0.5, 0.6) is 0 Å². The second-order valence-corrected chi connectivity index (χ2v) is 11.1. The van der Waals surface area contributed by atoms with Crippen LogP contribution in [0, 0.1) is 5.82 Å². The molecule has 1 N–H and O–H groups in total. The van der Waals surface area contributed by atoms with Gasteiger partial charge in [-0.1, -0.05) is 36.4 Å². The zero-order valence-corrected chi connectivity index (χ0v) is 23.0. The summed E-state index contributed by atoms with van der Waals surface area (Å²) in [6.07, 6.45) is 2.18. The molecule has 2 aliphatic heterocycles. The first-order valence-corrected chi connectivity index (χ1v) is 14.3. The number of likely N-dealkylation sites (N-methyl/N-ethyl adjacent to an activating group) is 1. The quantitative estimate of drug-likeness (QED) is 0.360. The summed E-state index contributed by atoms with van der Waals surface area (Å²) < 4.78 is 14.2. The maximum atomic E-state index is 14.2. The fourth-order valence-corrected chi connectivity index (χ4v) is 6.00. The Morgan fingerprint density at radius 3 is 2.48 bits per heavy atom. The Kier molecular flexibility index (Phi) is 7.32. The Hall–Kier alpha value is -4.08. The Labute approximate surface area is 236 Å². The number of thiazole rings is 1. The number of aromatic nitrogens is 1. The van der Waals surface area contributed by atoms with E-state index in [1.165, 1.54) is 34.1 Å². The number of anilines is 2. The van der Waals surface area contributed by atoms with E-state index >= 15 is 0 Å². The molecule has 7 nitrogen and oxygen atoms in total. The molecule has 0 spiro atoms. The zero-order chi connectivity index (χ0) is 27.6. The van der Waals surface area contributed by atoms with Gasteiger partial charge in [-0.05, 0) is 66.1 Å². The van der Waals surface area contributed by atoms with Gasteiger partial charge in [0, 0.05) is 55.6 Å². The number of piperazine rings is 1. The zero-order valence-electron chi connectivity index (χ0n) is 22.2. The van der Waals surface area contributed by atoms with Crippen LogP contribution < -0.4 is 10.2 Å². The number of carbonyl (C=O) groups is 2. The Bertz CT molecular complexity index is 1520. The van der Waals surface area contributed by atoms with Gasteiger partial charge in [-0.3, -0.25) is 14.9 Å². The number of hydrogen-bond donors (Lipinski definition) is 1. The van der Waals surface area contributed by atoms with Gasteiger partial charge in [-0.15, -0.1) is 11.3 Å². The van der Waals surface area contributed by atoms with Gasteiger partial charge in [0.25, 0.3) is 11.8 Å². The van der Waals surface area contributed by atoms with E-state index < -0.39 is 17.8 Å². The van der Waals surface area contributed by atoms with Gasteiger partial charge < -0.3 is 14.7 Å². The van der Waals surface area contributed by atoms with E-state index in [0.717, 1.165) is 42.9 Å². The van der Waals surface area contributed by atoms with Crippen LogP contribution in [-0.2, 0) is 11.2 Å². The summed E-state index contributed by atoms with van der Waals surface area (Å²) >= 11 is 1.29. The number of nitrogens with one attached hydrogen (secondary N) is 1. The maximum Gasteiger partial charge on any atom is 0.255 e. The van der Waals surface area contributed by atoms with Crippen molar-refractivity contribution >= 4 is 34.0 Å². The monoisotopic (exact) mass is 555 g/mol. The second kappa shape index (κ2) is 11.2. The lowest BCUT2D eigenvalue weighted by Crippen LogP contribution is -2.45. The smallest absolute Gasteiger partial charge is 0.255 e. The van der Waals surface area contributed by atoms with E-state index in [1.807, 2.05) is 12.1 Å². The highest BCUT2D eigenvalue weighted by atomic mass is 32.1. The molecule has 2 aliphatic rings. The van der Waals surface area contributed by atoms with Crippen LogP contribution in [0.15, 0.2) is 78.3 Å². The van der Waals surface area contributed by atoms with Crippen molar-refractivity contribution in [1.82, 2.24) is 14.8 Å².